The number of nitrogens with zero attached hydrogens (tertiary/aromatic N) is 1. The van der Waals surface area contributed by atoms with Crippen molar-refractivity contribution in [2.45, 2.75) is 33.2 Å². The molecule has 1 heterocycles. The molecule has 6 N–H and O–H groups in total. The summed E-state index contributed by atoms with van der Waals surface area (Å²) in [5.41, 5.74) is 12.3. The molecule has 0 aliphatic heterocycles. The highest BCUT2D eigenvalue weighted by Gasteiger charge is 2.18. The van der Waals surface area contributed by atoms with Crippen LogP contribution in [-0.4, -0.2) is 23.0 Å². The van der Waals surface area contributed by atoms with E-state index in [1.54, 1.807) is 31.2 Å². The Kier molecular flexibility index (Phi) is 5.63. The van der Waals surface area contributed by atoms with Gasteiger partial charge in [0.2, 0.25) is 5.91 Å². The monoisotopic (exact) mass is 345 g/mol. The van der Waals surface area contributed by atoms with Gasteiger partial charge in [-0.1, -0.05) is 19.0 Å². The van der Waals surface area contributed by atoms with Gasteiger partial charge in [-0.2, -0.15) is 0 Å². The number of nitrogens with two attached hydrogens (primary N) is 2. The number of primary amides is 2. The number of aromatic nitrogens is 1. The predicted molar refractivity (Wildman–Crippen MR) is 95.5 cm³/mol. The van der Waals surface area contributed by atoms with Crippen molar-refractivity contribution < 1.29 is 14.1 Å². The van der Waals surface area contributed by atoms with Crippen LogP contribution in [0.15, 0.2) is 28.8 Å². The molecule has 0 unspecified atom stereocenters. The summed E-state index contributed by atoms with van der Waals surface area (Å²) in [6.07, 6.45) is 0.595. The van der Waals surface area contributed by atoms with E-state index in [1.807, 2.05) is 13.8 Å². The SMILES string of the molecule is Cc1cc(Nc2cc(N[C@H](CC(C)C)C(N)=O)ccc2C(N)=O)no1. The summed E-state index contributed by atoms with van der Waals surface area (Å²) in [4.78, 5) is 23.3. The number of amides is 2. The standard InChI is InChI=1S/C17H23N5O3/c1-9(2)6-14(17(19)24)20-11-4-5-12(16(18)23)13(8-11)21-15-7-10(3)25-22-15/h4-5,7-9,14,20H,6H2,1-3H3,(H2,18,23)(H2,19,24)(H,21,22)/t14-/m1/s1. The molecule has 0 saturated heterocycles. The lowest BCUT2D eigenvalue weighted by Gasteiger charge is -2.19. The predicted octanol–water partition coefficient (Wildman–Crippen LogP) is 2.14. The van der Waals surface area contributed by atoms with Crippen molar-refractivity contribution >= 4 is 29.0 Å². The highest BCUT2D eigenvalue weighted by Crippen LogP contribution is 2.25. The van der Waals surface area contributed by atoms with Crippen LogP contribution in [0.2, 0.25) is 0 Å². The Morgan fingerprint density at radius 3 is 2.48 bits per heavy atom. The Morgan fingerprint density at radius 1 is 1.24 bits per heavy atom. The average molecular weight is 345 g/mol. The van der Waals surface area contributed by atoms with E-state index in [0.717, 1.165) is 0 Å². The molecule has 134 valence electrons. The van der Waals surface area contributed by atoms with Crippen molar-refractivity contribution in [3.63, 3.8) is 0 Å². The maximum Gasteiger partial charge on any atom is 0.250 e. The molecule has 8 heteroatoms. The molecular formula is C17H23N5O3. The zero-order chi connectivity index (χ0) is 18.6. The van der Waals surface area contributed by atoms with Crippen LogP contribution >= 0.6 is 0 Å². The van der Waals surface area contributed by atoms with Gasteiger partial charge >= 0.3 is 0 Å². The minimum Gasteiger partial charge on any atom is -0.374 e. The minimum absolute atomic E-state index is 0.297. The van der Waals surface area contributed by atoms with Gasteiger partial charge in [-0.3, -0.25) is 9.59 Å². The first-order chi connectivity index (χ1) is 11.8. The molecule has 25 heavy (non-hydrogen) atoms. The molecule has 2 rings (SSSR count). The van der Waals surface area contributed by atoms with Crippen molar-refractivity contribution in [1.82, 2.24) is 5.16 Å². The molecule has 0 saturated carbocycles. The van der Waals surface area contributed by atoms with Gasteiger partial charge in [0.05, 0.1) is 11.3 Å². The smallest absolute Gasteiger partial charge is 0.250 e. The summed E-state index contributed by atoms with van der Waals surface area (Å²) in [7, 11) is 0. The summed E-state index contributed by atoms with van der Waals surface area (Å²) >= 11 is 0. The van der Waals surface area contributed by atoms with Crippen LogP contribution < -0.4 is 22.1 Å². The maximum atomic E-state index is 11.6. The van der Waals surface area contributed by atoms with Crippen molar-refractivity contribution in [1.29, 1.82) is 0 Å². The van der Waals surface area contributed by atoms with E-state index in [4.69, 9.17) is 16.0 Å². The van der Waals surface area contributed by atoms with E-state index in [9.17, 15) is 9.59 Å². The van der Waals surface area contributed by atoms with Gasteiger partial charge in [0.15, 0.2) is 5.82 Å². The van der Waals surface area contributed by atoms with Crippen LogP contribution in [0.3, 0.4) is 0 Å². The molecule has 2 aromatic rings. The van der Waals surface area contributed by atoms with E-state index in [0.29, 0.717) is 40.9 Å². The van der Waals surface area contributed by atoms with Gasteiger partial charge in [-0.25, -0.2) is 0 Å². The van der Waals surface area contributed by atoms with E-state index >= 15 is 0 Å². The number of rotatable bonds is 8. The highest BCUT2D eigenvalue weighted by atomic mass is 16.5. The van der Waals surface area contributed by atoms with Crippen LogP contribution in [0.4, 0.5) is 17.2 Å². The van der Waals surface area contributed by atoms with Gasteiger partial charge in [0, 0.05) is 11.8 Å². The second-order valence-corrected chi connectivity index (χ2v) is 6.30. The fourth-order valence-corrected chi connectivity index (χ4v) is 2.43. The first-order valence-corrected chi connectivity index (χ1v) is 7.96. The molecule has 2 amide bonds. The van der Waals surface area contributed by atoms with Gasteiger partial charge < -0.3 is 26.6 Å². The molecule has 0 aliphatic rings. The fourth-order valence-electron chi connectivity index (χ4n) is 2.43. The Morgan fingerprint density at radius 2 is 1.96 bits per heavy atom. The normalized spacial score (nSPS) is 12.0. The van der Waals surface area contributed by atoms with Crippen LogP contribution in [0.5, 0.6) is 0 Å². The van der Waals surface area contributed by atoms with E-state index in [-0.39, 0.29) is 0 Å². The second kappa shape index (κ2) is 7.69. The summed E-state index contributed by atoms with van der Waals surface area (Å²) in [5.74, 6) is 0.358. The molecule has 0 radical (unpaired) electrons. The zero-order valence-electron chi connectivity index (χ0n) is 14.5. The van der Waals surface area contributed by atoms with E-state index in [2.05, 4.69) is 15.8 Å². The van der Waals surface area contributed by atoms with E-state index in [1.165, 1.54) is 0 Å². The Balaban J connectivity index is 2.29. The molecule has 0 fully saturated rings. The summed E-state index contributed by atoms with van der Waals surface area (Å²) in [5, 5.41) is 9.93. The molecule has 0 bridgehead atoms. The summed E-state index contributed by atoms with van der Waals surface area (Å²) < 4.78 is 5.00. The zero-order valence-corrected chi connectivity index (χ0v) is 14.5. The second-order valence-electron chi connectivity index (χ2n) is 6.30. The van der Waals surface area contributed by atoms with Crippen LogP contribution in [-0.2, 0) is 4.79 Å². The van der Waals surface area contributed by atoms with Gasteiger partial charge in [-0.15, -0.1) is 0 Å². The molecule has 1 aromatic heterocycles. The van der Waals surface area contributed by atoms with Gasteiger partial charge in [0.25, 0.3) is 5.91 Å². The molecule has 0 aliphatic carbocycles. The lowest BCUT2D eigenvalue weighted by atomic mass is 10.0. The summed E-state index contributed by atoms with van der Waals surface area (Å²) in [6.45, 7) is 5.77. The number of aryl methyl sites for hydroxylation is 1. The van der Waals surface area contributed by atoms with Crippen LogP contribution in [0.25, 0.3) is 0 Å². The van der Waals surface area contributed by atoms with Crippen molar-refractivity contribution in [3.05, 3.63) is 35.6 Å². The number of nitrogens with one attached hydrogen (secondary N) is 2. The Labute approximate surface area is 145 Å². The van der Waals surface area contributed by atoms with Crippen molar-refractivity contribution in [2.75, 3.05) is 10.6 Å². The van der Waals surface area contributed by atoms with Crippen molar-refractivity contribution in [2.24, 2.45) is 17.4 Å². The highest BCUT2D eigenvalue weighted by molar-refractivity contribution is 6.00. The molecule has 8 nitrogen and oxygen atoms in total. The summed E-state index contributed by atoms with van der Waals surface area (Å²) in [6, 6.07) is 6.11. The molecule has 1 atom stereocenters. The lowest BCUT2D eigenvalue weighted by Crippen LogP contribution is -2.36. The van der Waals surface area contributed by atoms with Gasteiger partial charge in [0.1, 0.15) is 11.8 Å². The number of anilines is 3. The van der Waals surface area contributed by atoms with Crippen molar-refractivity contribution in [3.8, 4) is 0 Å². The first kappa shape index (κ1) is 18.3. The van der Waals surface area contributed by atoms with Crippen LogP contribution in [0.1, 0.15) is 36.4 Å². The number of hydrogen-bond acceptors (Lipinski definition) is 6. The third-order valence-corrected chi connectivity index (χ3v) is 3.57. The third-order valence-electron chi connectivity index (χ3n) is 3.57. The average Bonchev–Trinajstić information content (AvgIpc) is 2.91. The largest absolute Gasteiger partial charge is 0.374 e. The lowest BCUT2D eigenvalue weighted by molar-refractivity contribution is -0.119. The number of benzene rings is 1. The fraction of sp³-hybridized carbons (Fsp3) is 0.353. The minimum atomic E-state index is -0.581. The molecule has 0 spiro atoms. The number of carbonyl (C=O) groups is 2. The topological polar surface area (TPSA) is 136 Å². The molecular weight excluding hydrogens is 322 g/mol. The quantitative estimate of drug-likeness (QED) is 0.578. The Hall–Kier alpha value is -3.03. The third kappa shape index (κ3) is 4.97. The maximum absolute atomic E-state index is 11.6. The molecule has 1 aromatic carbocycles. The van der Waals surface area contributed by atoms with E-state index < -0.39 is 17.9 Å². The number of carbonyl (C=O) groups excluding carboxylic acids is 2. The van der Waals surface area contributed by atoms with Crippen LogP contribution in [0, 0.1) is 12.8 Å². The Bertz CT molecular complexity index is 769. The number of hydrogen-bond donors (Lipinski definition) is 4. The van der Waals surface area contributed by atoms with Gasteiger partial charge in [-0.05, 0) is 37.5 Å². The first-order valence-electron chi connectivity index (χ1n) is 7.96.